The Hall–Kier alpha value is -0.870. The number of nitrogens with one attached hydrogen (secondary N) is 1. The summed E-state index contributed by atoms with van der Waals surface area (Å²) in [4.78, 5) is 8.57. The Morgan fingerprint density at radius 1 is 1.47 bits per heavy atom. The van der Waals surface area contributed by atoms with Crippen LogP contribution in [0.2, 0.25) is 5.15 Å². The summed E-state index contributed by atoms with van der Waals surface area (Å²) in [6.07, 6.45) is 3.51. The van der Waals surface area contributed by atoms with Crippen molar-refractivity contribution in [3.05, 3.63) is 17.0 Å². The van der Waals surface area contributed by atoms with Gasteiger partial charge < -0.3 is 10.4 Å². The summed E-state index contributed by atoms with van der Waals surface area (Å²) in [6.45, 7) is 2.93. The molecule has 4 nitrogen and oxygen atoms in total. The van der Waals surface area contributed by atoms with Crippen LogP contribution in [0.5, 0.6) is 0 Å². The Kier molecular flexibility index (Phi) is 4.18. The Morgan fingerprint density at radius 3 is 2.88 bits per heavy atom. The molecule has 0 spiro atoms. The third-order valence-electron chi connectivity index (χ3n) is 3.00. The molecule has 1 aliphatic carbocycles. The number of anilines is 1. The van der Waals surface area contributed by atoms with Gasteiger partial charge in [0.05, 0.1) is 6.10 Å². The first kappa shape index (κ1) is 12.6. The maximum Gasteiger partial charge on any atom is 0.134 e. The molecule has 1 saturated carbocycles. The molecular formula is C12H18ClN3O. The summed E-state index contributed by atoms with van der Waals surface area (Å²) in [7, 11) is 0. The lowest BCUT2D eigenvalue weighted by Crippen LogP contribution is -2.33. The average molecular weight is 256 g/mol. The van der Waals surface area contributed by atoms with Crippen molar-refractivity contribution in [1.82, 2.24) is 9.97 Å². The number of rotatable bonds is 5. The van der Waals surface area contributed by atoms with E-state index in [9.17, 15) is 5.11 Å². The zero-order valence-electron chi connectivity index (χ0n) is 9.99. The smallest absolute Gasteiger partial charge is 0.134 e. The van der Waals surface area contributed by atoms with E-state index in [0.717, 1.165) is 43.9 Å². The van der Waals surface area contributed by atoms with Gasteiger partial charge in [0.1, 0.15) is 16.8 Å². The van der Waals surface area contributed by atoms with Crippen molar-refractivity contribution in [3.63, 3.8) is 0 Å². The van der Waals surface area contributed by atoms with Crippen LogP contribution in [0.3, 0.4) is 0 Å². The first-order valence-electron chi connectivity index (χ1n) is 6.12. The summed E-state index contributed by atoms with van der Waals surface area (Å²) < 4.78 is 0. The molecule has 1 aliphatic rings. The van der Waals surface area contributed by atoms with E-state index < -0.39 is 0 Å². The molecule has 1 heterocycles. The second-order valence-electron chi connectivity index (χ2n) is 4.61. The molecule has 0 bridgehead atoms. The molecule has 2 N–H and O–H groups in total. The van der Waals surface area contributed by atoms with Gasteiger partial charge in [-0.3, -0.25) is 0 Å². The third kappa shape index (κ3) is 3.54. The van der Waals surface area contributed by atoms with Gasteiger partial charge in [0.25, 0.3) is 0 Å². The highest BCUT2D eigenvalue weighted by molar-refractivity contribution is 6.29. The fourth-order valence-electron chi connectivity index (χ4n) is 2.01. The Morgan fingerprint density at radius 2 is 2.24 bits per heavy atom. The van der Waals surface area contributed by atoms with E-state index in [1.165, 1.54) is 0 Å². The summed E-state index contributed by atoms with van der Waals surface area (Å²) in [5.74, 6) is 2.12. The van der Waals surface area contributed by atoms with E-state index in [1.807, 2.05) is 0 Å². The maximum absolute atomic E-state index is 9.20. The number of aromatic nitrogens is 2. The number of nitrogens with zero attached hydrogens (tertiary/aromatic N) is 2. The molecule has 0 aliphatic heterocycles. The van der Waals surface area contributed by atoms with Gasteiger partial charge in [-0.1, -0.05) is 18.5 Å². The van der Waals surface area contributed by atoms with Crippen LogP contribution < -0.4 is 5.32 Å². The van der Waals surface area contributed by atoms with Gasteiger partial charge in [-0.15, -0.1) is 0 Å². The van der Waals surface area contributed by atoms with Crippen molar-refractivity contribution >= 4 is 17.4 Å². The second kappa shape index (κ2) is 5.65. The number of aliphatic hydroxyl groups is 1. The van der Waals surface area contributed by atoms with Crippen LogP contribution >= 0.6 is 11.6 Å². The average Bonchev–Trinajstić information content (AvgIpc) is 2.22. The van der Waals surface area contributed by atoms with Gasteiger partial charge in [-0.2, -0.15) is 0 Å². The van der Waals surface area contributed by atoms with Crippen LogP contribution in [0, 0.1) is 5.92 Å². The maximum atomic E-state index is 9.20. The fourth-order valence-corrected chi connectivity index (χ4v) is 2.21. The van der Waals surface area contributed by atoms with E-state index in [0.29, 0.717) is 11.1 Å². The van der Waals surface area contributed by atoms with Gasteiger partial charge in [0.2, 0.25) is 0 Å². The molecule has 0 saturated heterocycles. The number of hydrogen-bond donors (Lipinski definition) is 2. The summed E-state index contributed by atoms with van der Waals surface area (Å²) in [5.41, 5.74) is 0. The third-order valence-corrected chi connectivity index (χ3v) is 3.19. The zero-order valence-corrected chi connectivity index (χ0v) is 10.7. The van der Waals surface area contributed by atoms with E-state index in [1.54, 1.807) is 6.07 Å². The fraction of sp³-hybridized carbons (Fsp3) is 0.667. The number of halogens is 1. The van der Waals surface area contributed by atoms with Gasteiger partial charge in [-0.25, -0.2) is 9.97 Å². The lowest BCUT2D eigenvalue weighted by molar-refractivity contribution is 0.0486. The molecule has 17 heavy (non-hydrogen) atoms. The minimum Gasteiger partial charge on any atom is -0.393 e. The van der Waals surface area contributed by atoms with Crippen LogP contribution in [0.1, 0.15) is 32.0 Å². The largest absolute Gasteiger partial charge is 0.393 e. The quantitative estimate of drug-likeness (QED) is 0.793. The Labute approximate surface area is 106 Å². The molecule has 94 valence electrons. The molecule has 0 aromatic carbocycles. The van der Waals surface area contributed by atoms with Crippen LogP contribution in [-0.4, -0.2) is 27.7 Å². The number of hydrogen-bond acceptors (Lipinski definition) is 4. The highest BCUT2D eigenvalue weighted by atomic mass is 35.5. The van der Waals surface area contributed by atoms with Crippen LogP contribution in [0.4, 0.5) is 5.82 Å². The topological polar surface area (TPSA) is 58.0 Å². The highest BCUT2D eigenvalue weighted by Gasteiger charge is 2.26. The van der Waals surface area contributed by atoms with Crippen molar-refractivity contribution in [2.45, 2.75) is 38.7 Å². The van der Waals surface area contributed by atoms with Crippen molar-refractivity contribution < 1.29 is 5.11 Å². The monoisotopic (exact) mass is 255 g/mol. The normalized spacial score (nSPS) is 23.2. The van der Waals surface area contributed by atoms with E-state index in [2.05, 4.69) is 22.2 Å². The molecule has 2 rings (SSSR count). The van der Waals surface area contributed by atoms with Crippen molar-refractivity contribution in [1.29, 1.82) is 0 Å². The highest BCUT2D eigenvalue weighted by Crippen LogP contribution is 2.27. The van der Waals surface area contributed by atoms with Crippen molar-refractivity contribution in [2.75, 3.05) is 11.9 Å². The van der Waals surface area contributed by atoms with Crippen molar-refractivity contribution in [2.24, 2.45) is 5.92 Å². The molecule has 0 atom stereocenters. The van der Waals surface area contributed by atoms with E-state index in [-0.39, 0.29) is 6.10 Å². The van der Waals surface area contributed by atoms with Crippen LogP contribution in [0.15, 0.2) is 6.07 Å². The predicted molar refractivity (Wildman–Crippen MR) is 68.3 cm³/mol. The van der Waals surface area contributed by atoms with Crippen molar-refractivity contribution in [3.8, 4) is 0 Å². The second-order valence-corrected chi connectivity index (χ2v) is 5.00. The van der Waals surface area contributed by atoms with E-state index in [4.69, 9.17) is 11.6 Å². The molecule has 1 fully saturated rings. The SMILES string of the molecule is CCCc1nc(Cl)cc(NCC2CC(O)C2)n1. The Bertz CT molecular complexity index is 380. The zero-order chi connectivity index (χ0) is 12.3. The first-order chi connectivity index (χ1) is 8.17. The molecule has 1 aromatic heterocycles. The lowest BCUT2D eigenvalue weighted by atomic mass is 9.82. The van der Waals surface area contributed by atoms with E-state index >= 15 is 0 Å². The first-order valence-corrected chi connectivity index (χ1v) is 6.50. The van der Waals surface area contributed by atoms with Gasteiger partial charge in [0.15, 0.2) is 0 Å². The van der Waals surface area contributed by atoms with Gasteiger partial charge in [0, 0.05) is 19.0 Å². The standard InChI is InChI=1S/C12H18ClN3O/c1-2-3-11-15-10(13)6-12(16-11)14-7-8-4-9(17)5-8/h6,8-9,17H,2-5,7H2,1H3,(H,14,15,16). The summed E-state index contributed by atoms with van der Waals surface area (Å²) in [5, 5.41) is 12.9. The minimum absolute atomic E-state index is 0.105. The minimum atomic E-state index is -0.105. The molecule has 5 heteroatoms. The van der Waals surface area contributed by atoms with Crippen LogP contribution in [-0.2, 0) is 6.42 Å². The molecule has 1 aromatic rings. The molecule has 0 unspecified atom stereocenters. The number of aliphatic hydroxyl groups excluding tert-OH is 1. The predicted octanol–water partition coefficient (Wildman–Crippen LogP) is 2.27. The van der Waals surface area contributed by atoms with Crippen LogP contribution in [0.25, 0.3) is 0 Å². The number of aryl methyl sites for hydroxylation is 1. The molecule has 0 amide bonds. The van der Waals surface area contributed by atoms with Gasteiger partial charge >= 0.3 is 0 Å². The molecular weight excluding hydrogens is 238 g/mol. The summed E-state index contributed by atoms with van der Waals surface area (Å²) in [6, 6.07) is 1.75. The summed E-state index contributed by atoms with van der Waals surface area (Å²) >= 11 is 5.94. The Balaban J connectivity index is 1.90. The lowest BCUT2D eigenvalue weighted by Gasteiger charge is -2.31. The molecule has 0 radical (unpaired) electrons. The van der Waals surface area contributed by atoms with Gasteiger partial charge in [-0.05, 0) is 25.2 Å².